The fourth-order valence-electron chi connectivity index (χ4n) is 0.832. The standard InChI is InChI=1S/C10H15NO/c1-9(2)6-8-12-10-5-3-4-7-11-10/h3-5,7,9H,6,8H2,1-2H3. The first-order chi connectivity index (χ1) is 5.79. The van der Waals surface area contributed by atoms with E-state index in [2.05, 4.69) is 18.8 Å². The predicted molar refractivity (Wildman–Crippen MR) is 49.2 cm³/mol. The predicted octanol–water partition coefficient (Wildman–Crippen LogP) is 2.51. The second-order valence-corrected chi connectivity index (χ2v) is 3.20. The van der Waals surface area contributed by atoms with Crippen molar-refractivity contribution in [1.82, 2.24) is 4.98 Å². The molecule has 1 aromatic heterocycles. The minimum atomic E-state index is 0.689. The van der Waals surface area contributed by atoms with Gasteiger partial charge in [0.15, 0.2) is 0 Å². The molecule has 12 heavy (non-hydrogen) atoms. The molecule has 0 fully saturated rings. The van der Waals surface area contributed by atoms with E-state index in [0.717, 1.165) is 18.9 Å². The van der Waals surface area contributed by atoms with Crippen LogP contribution in [0.1, 0.15) is 20.3 Å². The Kier molecular flexibility index (Phi) is 3.58. The van der Waals surface area contributed by atoms with Crippen molar-refractivity contribution in [2.45, 2.75) is 20.3 Å². The van der Waals surface area contributed by atoms with E-state index in [1.165, 1.54) is 0 Å². The largest absolute Gasteiger partial charge is 0.478 e. The maximum atomic E-state index is 5.41. The van der Waals surface area contributed by atoms with E-state index in [0.29, 0.717) is 5.92 Å². The van der Waals surface area contributed by atoms with Gasteiger partial charge in [-0.1, -0.05) is 19.9 Å². The molecular weight excluding hydrogens is 150 g/mol. The van der Waals surface area contributed by atoms with Gasteiger partial charge in [0.1, 0.15) is 0 Å². The highest BCUT2D eigenvalue weighted by Gasteiger charge is 1.95. The van der Waals surface area contributed by atoms with Crippen LogP contribution in [0.4, 0.5) is 0 Å². The van der Waals surface area contributed by atoms with Gasteiger partial charge in [-0.05, 0) is 18.4 Å². The zero-order valence-electron chi connectivity index (χ0n) is 7.66. The number of rotatable bonds is 4. The van der Waals surface area contributed by atoms with Crippen LogP contribution in [0.2, 0.25) is 0 Å². The molecule has 0 aliphatic carbocycles. The van der Waals surface area contributed by atoms with Crippen molar-refractivity contribution in [2.75, 3.05) is 6.61 Å². The third kappa shape index (κ3) is 3.37. The molecule has 2 nitrogen and oxygen atoms in total. The molecule has 1 aromatic rings. The van der Waals surface area contributed by atoms with Crippen molar-refractivity contribution in [3.8, 4) is 5.88 Å². The van der Waals surface area contributed by atoms with Crippen molar-refractivity contribution in [2.24, 2.45) is 5.92 Å². The van der Waals surface area contributed by atoms with Crippen molar-refractivity contribution in [3.05, 3.63) is 24.4 Å². The number of hydrogen-bond donors (Lipinski definition) is 0. The van der Waals surface area contributed by atoms with Gasteiger partial charge in [0, 0.05) is 12.3 Å². The summed E-state index contributed by atoms with van der Waals surface area (Å²) in [6.45, 7) is 5.12. The van der Waals surface area contributed by atoms with E-state index in [-0.39, 0.29) is 0 Å². The molecule has 0 spiro atoms. The summed E-state index contributed by atoms with van der Waals surface area (Å²) in [5, 5.41) is 0. The topological polar surface area (TPSA) is 22.1 Å². The Hall–Kier alpha value is -1.05. The minimum absolute atomic E-state index is 0.689. The first-order valence-corrected chi connectivity index (χ1v) is 4.33. The summed E-state index contributed by atoms with van der Waals surface area (Å²) in [4.78, 5) is 4.05. The highest BCUT2D eigenvalue weighted by molar-refractivity contribution is 5.08. The highest BCUT2D eigenvalue weighted by Crippen LogP contribution is 2.05. The van der Waals surface area contributed by atoms with Crippen molar-refractivity contribution in [1.29, 1.82) is 0 Å². The van der Waals surface area contributed by atoms with Gasteiger partial charge in [-0.2, -0.15) is 0 Å². The fraction of sp³-hybridized carbons (Fsp3) is 0.500. The molecule has 0 saturated heterocycles. The summed E-state index contributed by atoms with van der Waals surface area (Å²) in [5.41, 5.74) is 0. The molecule has 0 aliphatic rings. The second kappa shape index (κ2) is 4.75. The maximum absolute atomic E-state index is 5.41. The van der Waals surface area contributed by atoms with Crippen LogP contribution in [0, 0.1) is 5.92 Å². The summed E-state index contributed by atoms with van der Waals surface area (Å²) in [5.74, 6) is 1.41. The Morgan fingerprint density at radius 1 is 1.42 bits per heavy atom. The van der Waals surface area contributed by atoms with Gasteiger partial charge in [-0.15, -0.1) is 0 Å². The molecule has 0 atom stereocenters. The second-order valence-electron chi connectivity index (χ2n) is 3.20. The normalized spacial score (nSPS) is 10.2. The summed E-state index contributed by atoms with van der Waals surface area (Å²) in [6.07, 6.45) is 2.82. The molecule has 0 saturated carbocycles. The third-order valence-electron chi connectivity index (χ3n) is 1.58. The molecule has 0 aliphatic heterocycles. The van der Waals surface area contributed by atoms with Crippen molar-refractivity contribution < 1.29 is 4.74 Å². The molecule has 0 aromatic carbocycles. The lowest BCUT2D eigenvalue weighted by Gasteiger charge is -2.05. The molecule has 1 heterocycles. The molecule has 0 N–H and O–H groups in total. The van der Waals surface area contributed by atoms with E-state index in [9.17, 15) is 0 Å². The Morgan fingerprint density at radius 2 is 2.25 bits per heavy atom. The first-order valence-electron chi connectivity index (χ1n) is 4.33. The maximum Gasteiger partial charge on any atom is 0.213 e. The lowest BCUT2D eigenvalue weighted by Crippen LogP contribution is -2.02. The first kappa shape index (κ1) is 9.04. The number of pyridine rings is 1. The Balaban J connectivity index is 2.25. The summed E-state index contributed by atoms with van der Waals surface area (Å²) >= 11 is 0. The van der Waals surface area contributed by atoms with Crippen LogP contribution >= 0.6 is 0 Å². The molecule has 1 rings (SSSR count). The summed E-state index contributed by atoms with van der Waals surface area (Å²) < 4.78 is 5.41. The van der Waals surface area contributed by atoms with Gasteiger partial charge < -0.3 is 4.74 Å². The van der Waals surface area contributed by atoms with Gasteiger partial charge in [0.2, 0.25) is 5.88 Å². The van der Waals surface area contributed by atoms with Crippen molar-refractivity contribution >= 4 is 0 Å². The van der Waals surface area contributed by atoms with Gasteiger partial charge in [-0.25, -0.2) is 4.98 Å². The van der Waals surface area contributed by atoms with Crippen LogP contribution < -0.4 is 4.74 Å². The quantitative estimate of drug-likeness (QED) is 0.684. The molecule has 0 bridgehead atoms. The molecule has 0 radical (unpaired) electrons. The van der Waals surface area contributed by atoms with E-state index >= 15 is 0 Å². The zero-order valence-corrected chi connectivity index (χ0v) is 7.66. The van der Waals surface area contributed by atoms with E-state index in [1.807, 2.05) is 18.2 Å². The minimum Gasteiger partial charge on any atom is -0.478 e. The Morgan fingerprint density at radius 3 is 2.83 bits per heavy atom. The summed E-state index contributed by atoms with van der Waals surface area (Å²) in [6, 6.07) is 5.69. The lowest BCUT2D eigenvalue weighted by molar-refractivity contribution is 0.279. The number of ether oxygens (including phenoxy) is 1. The van der Waals surface area contributed by atoms with Gasteiger partial charge in [-0.3, -0.25) is 0 Å². The Bertz CT molecular complexity index is 208. The third-order valence-corrected chi connectivity index (χ3v) is 1.58. The number of aromatic nitrogens is 1. The van der Waals surface area contributed by atoms with Crippen LogP contribution in [0.25, 0.3) is 0 Å². The summed E-state index contributed by atoms with van der Waals surface area (Å²) in [7, 11) is 0. The van der Waals surface area contributed by atoms with Crippen LogP contribution in [-0.2, 0) is 0 Å². The van der Waals surface area contributed by atoms with Crippen LogP contribution in [0.15, 0.2) is 24.4 Å². The monoisotopic (exact) mass is 165 g/mol. The van der Waals surface area contributed by atoms with Crippen molar-refractivity contribution in [3.63, 3.8) is 0 Å². The van der Waals surface area contributed by atoms with E-state index in [1.54, 1.807) is 6.20 Å². The zero-order chi connectivity index (χ0) is 8.81. The SMILES string of the molecule is CC(C)CCOc1ccccn1. The molecule has 0 unspecified atom stereocenters. The van der Waals surface area contributed by atoms with Gasteiger partial charge >= 0.3 is 0 Å². The number of nitrogens with zero attached hydrogens (tertiary/aromatic N) is 1. The molecule has 2 heteroatoms. The van der Waals surface area contributed by atoms with Gasteiger partial charge in [0.25, 0.3) is 0 Å². The van der Waals surface area contributed by atoms with Crippen LogP contribution in [0.5, 0.6) is 5.88 Å². The van der Waals surface area contributed by atoms with E-state index < -0.39 is 0 Å². The lowest BCUT2D eigenvalue weighted by atomic mass is 10.1. The molecular formula is C10H15NO. The van der Waals surface area contributed by atoms with Crippen LogP contribution in [-0.4, -0.2) is 11.6 Å². The van der Waals surface area contributed by atoms with Crippen LogP contribution in [0.3, 0.4) is 0 Å². The smallest absolute Gasteiger partial charge is 0.213 e. The average molecular weight is 165 g/mol. The molecule has 0 amide bonds. The molecule has 66 valence electrons. The fourth-order valence-corrected chi connectivity index (χ4v) is 0.832. The van der Waals surface area contributed by atoms with Gasteiger partial charge in [0.05, 0.1) is 6.61 Å². The highest BCUT2D eigenvalue weighted by atomic mass is 16.5. The Labute approximate surface area is 73.6 Å². The average Bonchev–Trinajstić information content (AvgIpc) is 2.05. The number of hydrogen-bond acceptors (Lipinski definition) is 2. The van der Waals surface area contributed by atoms with E-state index in [4.69, 9.17) is 4.74 Å².